The van der Waals surface area contributed by atoms with E-state index in [0.717, 1.165) is 57.6 Å². The second-order valence-corrected chi connectivity index (χ2v) is 7.51. The number of hydrogen-bond acceptors (Lipinski definition) is 5. The Morgan fingerprint density at radius 2 is 2.03 bits per heavy atom. The second-order valence-electron chi connectivity index (χ2n) is 7.51. The minimum Gasteiger partial charge on any atom is -0.352 e. The molecule has 0 atom stereocenters. The SMILES string of the molecule is O=C(Nc1cncc(-c2ccc3[nH]nc(-c4cc5ncccc5[nH]4)c3n2)c1)C1CC1. The lowest BCUT2D eigenvalue weighted by molar-refractivity contribution is -0.117. The zero-order chi connectivity index (χ0) is 20.1. The van der Waals surface area contributed by atoms with E-state index in [1.165, 1.54) is 0 Å². The molecule has 8 nitrogen and oxygen atoms in total. The van der Waals surface area contributed by atoms with Crippen LogP contribution in [0, 0.1) is 5.92 Å². The van der Waals surface area contributed by atoms with Crippen molar-refractivity contribution in [3.8, 4) is 22.6 Å². The molecule has 30 heavy (non-hydrogen) atoms. The van der Waals surface area contributed by atoms with Gasteiger partial charge in [-0.2, -0.15) is 5.10 Å². The molecular weight excluding hydrogens is 378 g/mol. The number of nitrogens with zero attached hydrogens (tertiary/aromatic N) is 4. The van der Waals surface area contributed by atoms with Gasteiger partial charge in [0.15, 0.2) is 0 Å². The van der Waals surface area contributed by atoms with E-state index in [0.29, 0.717) is 5.69 Å². The van der Waals surface area contributed by atoms with Crippen molar-refractivity contribution in [3.05, 3.63) is 55.0 Å². The van der Waals surface area contributed by atoms with Crippen molar-refractivity contribution in [1.82, 2.24) is 30.1 Å². The predicted octanol–water partition coefficient (Wildman–Crippen LogP) is 3.91. The van der Waals surface area contributed by atoms with E-state index in [9.17, 15) is 4.79 Å². The van der Waals surface area contributed by atoms with Crippen LogP contribution in [0.15, 0.2) is 55.0 Å². The molecule has 6 rings (SSSR count). The first-order chi connectivity index (χ1) is 14.7. The monoisotopic (exact) mass is 395 g/mol. The molecule has 0 spiro atoms. The van der Waals surface area contributed by atoms with E-state index >= 15 is 0 Å². The maximum Gasteiger partial charge on any atom is 0.227 e. The lowest BCUT2D eigenvalue weighted by Crippen LogP contribution is -2.13. The van der Waals surface area contributed by atoms with Crippen LogP contribution in [-0.4, -0.2) is 36.0 Å². The first-order valence-corrected chi connectivity index (χ1v) is 9.80. The molecule has 0 radical (unpaired) electrons. The van der Waals surface area contributed by atoms with Crippen LogP contribution in [-0.2, 0) is 4.79 Å². The van der Waals surface area contributed by atoms with Crippen molar-refractivity contribution in [1.29, 1.82) is 0 Å². The van der Waals surface area contributed by atoms with Crippen molar-refractivity contribution in [3.63, 3.8) is 0 Å². The molecular formula is C22H17N7O. The van der Waals surface area contributed by atoms with Crippen LogP contribution in [0.1, 0.15) is 12.8 Å². The molecule has 0 unspecified atom stereocenters. The quantitative estimate of drug-likeness (QED) is 0.427. The highest BCUT2D eigenvalue weighted by molar-refractivity contribution is 5.95. The third-order valence-corrected chi connectivity index (χ3v) is 5.30. The summed E-state index contributed by atoms with van der Waals surface area (Å²) < 4.78 is 0. The summed E-state index contributed by atoms with van der Waals surface area (Å²) in [6.45, 7) is 0. The number of hydrogen-bond donors (Lipinski definition) is 3. The molecule has 1 saturated carbocycles. The van der Waals surface area contributed by atoms with Crippen LogP contribution in [0.5, 0.6) is 0 Å². The fourth-order valence-electron chi connectivity index (χ4n) is 3.57. The Morgan fingerprint density at radius 3 is 2.90 bits per heavy atom. The first-order valence-electron chi connectivity index (χ1n) is 9.80. The molecule has 5 aromatic rings. The Morgan fingerprint density at radius 1 is 1.10 bits per heavy atom. The summed E-state index contributed by atoms with van der Waals surface area (Å²) in [5, 5.41) is 10.4. The average Bonchev–Trinajstić information content (AvgIpc) is 3.40. The first kappa shape index (κ1) is 16.8. The van der Waals surface area contributed by atoms with Gasteiger partial charge in [0.05, 0.1) is 39.8 Å². The lowest BCUT2D eigenvalue weighted by Gasteiger charge is -2.06. The summed E-state index contributed by atoms with van der Waals surface area (Å²) in [6, 6.07) is 11.6. The fourth-order valence-corrected chi connectivity index (χ4v) is 3.57. The Bertz CT molecular complexity index is 1380. The van der Waals surface area contributed by atoms with Crippen LogP contribution in [0.25, 0.3) is 44.7 Å². The summed E-state index contributed by atoms with van der Waals surface area (Å²) in [7, 11) is 0. The number of anilines is 1. The number of nitrogens with one attached hydrogen (secondary N) is 3. The molecule has 0 aromatic carbocycles. The summed E-state index contributed by atoms with van der Waals surface area (Å²) in [4.78, 5) is 28.9. The number of carbonyl (C=O) groups excluding carboxylic acids is 1. The number of aromatic nitrogens is 6. The number of fused-ring (bicyclic) bond motifs is 2. The largest absolute Gasteiger partial charge is 0.352 e. The predicted molar refractivity (Wildman–Crippen MR) is 114 cm³/mol. The van der Waals surface area contributed by atoms with E-state index in [4.69, 9.17) is 4.98 Å². The third-order valence-electron chi connectivity index (χ3n) is 5.30. The third kappa shape index (κ3) is 2.89. The van der Waals surface area contributed by atoms with E-state index < -0.39 is 0 Å². The number of carbonyl (C=O) groups is 1. The topological polar surface area (TPSA) is 112 Å². The molecule has 0 aliphatic heterocycles. The van der Waals surface area contributed by atoms with E-state index in [-0.39, 0.29) is 11.8 Å². The highest BCUT2D eigenvalue weighted by Gasteiger charge is 2.29. The van der Waals surface area contributed by atoms with Gasteiger partial charge in [-0.25, -0.2) is 4.98 Å². The van der Waals surface area contributed by atoms with E-state index in [1.54, 1.807) is 18.6 Å². The smallest absolute Gasteiger partial charge is 0.227 e. The van der Waals surface area contributed by atoms with Gasteiger partial charge in [-0.15, -0.1) is 0 Å². The van der Waals surface area contributed by atoms with Crippen molar-refractivity contribution in [2.75, 3.05) is 5.32 Å². The Hall–Kier alpha value is -4.07. The average molecular weight is 395 g/mol. The van der Waals surface area contributed by atoms with Gasteiger partial charge in [0.1, 0.15) is 11.2 Å². The molecule has 1 aliphatic carbocycles. The van der Waals surface area contributed by atoms with Crippen LogP contribution < -0.4 is 5.32 Å². The number of H-pyrrole nitrogens is 2. The van der Waals surface area contributed by atoms with Gasteiger partial charge in [0, 0.05) is 23.9 Å². The lowest BCUT2D eigenvalue weighted by atomic mass is 10.1. The van der Waals surface area contributed by atoms with Crippen molar-refractivity contribution in [2.24, 2.45) is 5.92 Å². The summed E-state index contributed by atoms with van der Waals surface area (Å²) in [5.74, 6) is 0.198. The minimum atomic E-state index is 0.0573. The van der Waals surface area contributed by atoms with Crippen molar-refractivity contribution in [2.45, 2.75) is 12.8 Å². The molecule has 1 fully saturated rings. The normalized spacial score (nSPS) is 13.7. The maximum atomic E-state index is 12.1. The van der Waals surface area contributed by atoms with Gasteiger partial charge >= 0.3 is 0 Å². The van der Waals surface area contributed by atoms with Crippen molar-refractivity contribution >= 4 is 33.7 Å². The molecule has 0 bridgehead atoms. The minimum absolute atomic E-state index is 0.0573. The van der Waals surface area contributed by atoms with Crippen LogP contribution in [0.4, 0.5) is 5.69 Å². The fraction of sp³-hybridized carbons (Fsp3) is 0.136. The van der Waals surface area contributed by atoms with Crippen LogP contribution in [0.3, 0.4) is 0 Å². The van der Waals surface area contributed by atoms with Gasteiger partial charge < -0.3 is 10.3 Å². The maximum absolute atomic E-state index is 12.1. The Labute approximate surface area is 170 Å². The van der Waals surface area contributed by atoms with Crippen molar-refractivity contribution < 1.29 is 4.79 Å². The summed E-state index contributed by atoms with van der Waals surface area (Å²) in [5.41, 5.74) is 7.27. The molecule has 8 heteroatoms. The van der Waals surface area contributed by atoms with Gasteiger partial charge in [0.25, 0.3) is 0 Å². The van der Waals surface area contributed by atoms with Crippen LogP contribution in [0.2, 0.25) is 0 Å². The Kier molecular flexibility index (Phi) is 3.64. The summed E-state index contributed by atoms with van der Waals surface area (Å²) in [6.07, 6.45) is 7.09. The molecule has 0 saturated heterocycles. The van der Waals surface area contributed by atoms with Gasteiger partial charge in [0.2, 0.25) is 5.91 Å². The Balaban J connectivity index is 1.40. The summed E-state index contributed by atoms with van der Waals surface area (Å²) >= 11 is 0. The highest BCUT2D eigenvalue weighted by atomic mass is 16.2. The van der Waals surface area contributed by atoms with E-state index in [2.05, 4.69) is 30.5 Å². The zero-order valence-corrected chi connectivity index (χ0v) is 15.9. The molecule has 5 aromatic heterocycles. The van der Waals surface area contributed by atoms with Gasteiger partial charge in [-0.3, -0.25) is 19.9 Å². The number of aromatic amines is 2. The standard InChI is InChI=1S/C22H17N7O/c30-22(12-3-4-12)25-14-8-13(10-23-11-14)15-5-6-17-20(27-15)21(29-28-17)19-9-18-16(26-19)2-1-7-24-18/h1-2,5-12,26H,3-4H2,(H,25,30)(H,28,29). The molecule has 1 aliphatic rings. The molecule has 1 amide bonds. The number of rotatable bonds is 4. The zero-order valence-electron chi connectivity index (χ0n) is 15.9. The molecule has 3 N–H and O–H groups in total. The number of pyridine rings is 3. The molecule has 5 heterocycles. The van der Waals surface area contributed by atoms with Gasteiger partial charge in [-0.1, -0.05) is 0 Å². The van der Waals surface area contributed by atoms with Gasteiger partial charge in [-0.05, 0) is 49.2 Å². The number of amides is 1. The molecule has 146 valence electrons. The highest BCUT2D eigenvalue weighted by Crippen LogP contribution is 2.31. The second kappa shape index (κ2) is 6.48. The van der Waals surface area contributed by atoms with E-state index in [1.807, 2.05) is 36.4 Å². The van der Waals surface area contributed by atoms with Crippen LogP contribution >= 0.6 is 0 Å².